The van der Waals surface area contributed by atoms with Crippen LogP contribution in [0.1, 0.15) is 12.7 Å². The molecule has 0 bridgehead atoms. The lowest BCUT2D eigenvalue weighted by Gasteiger charge is -2.06. The van der Waals surface area contributed by atoms with Crippen molar-refractivity contribution in [3.8, 4) is 0 Å². The molecular formula is C8H14N4O2. The van der Waals surface area contributed by atoms with E-state index in [1.54, 1.807) is 25.0 Å². The minimum atomic E-state index is -0.848. The van der Waals surface area contributed by atoms with E-state index in [1.807, 2.05) is 0 Å². The number of rotatable bonds is 5. The second-order valence-corrected chi connectivity index (χ2v) is 3.10. The highest BCUT2D eigenvalue weighted by atomic mass is 16.4. The number of carbonyl (C=O) groups is 1. The molecule has 0 aliphatic carbocycles. The van der Waals surface area contributed by atoms with Crippen LogP contribution < -0.4 is 5.32 Å². The van der Waals surface area contributed by atoms with Gasteiger partial charge in [-0.05, 0) is 6.92 Å². The van der Waals surface area contributed by atoms with Crippen LogP contribution in [0.2, 0.25) is 0 Å². The molecule has 0 saturated heterocycles. The quantitative estimate of drug-likeness (QED) is 0.661. The fourth-order valence-corrected chi connectivity index (χ4v) is 0.986. The molecule has 14 heavy (non-hydrogen) atoms. The predicted molar refractivity (Wildman–Crippen MR) is 49.8 cm³/mol. The van der Waals surface area contributed by atoms with Crippen LogP contribution in [0.25, 0.3) is 0 Å². The van der Waals surface area contributed by atoms with Crippen LogP contribution in [0.3, 0.4) is 0 Å². The van der Waals surface area contributed by atoms with Crippen molar-refractivity contribution in [1.82, 2.24) is 20.1 Å². The molecule has 0 aliphatic rings. The molecule has 0 fully saturated rings. The summed E-state index contributed by atoms with van der Waals surface area (Å²) in [6, 6.07) is -0.529. The number of carboxylic acids is 1. The first-order valence-electron chi connectivity index (χ1n) is 4.40. The van der Waals surface area contributed by atoms with Crippen molar-refractivity contribution in [1.29, 1.82) is 0 Å². The Labute approximate surface area is 82.0 Å². The number of aryl methyl sites for hydroxylation is 1. The minimum Gasteiger partial charge on any atom is -0.480 e. The van der Waals surface area contributed by atoms with Crippen LogP contribution in [0.5, 0.6) is 0 Å². The first kappa shape index (κ1) is 10.6. The lowest BCUT2D eigenvalue weighted by molar-refractivity contribution is -0.138. The van der Waals surface area contributed by atoms with Crippen LogP contribution in [0, 0.1) is 0 Å². The van der Waals surface area contributed by atoms with Crippen molar-refractivity contribution in [3.05, 3.63) is 12.2 Å². The van der Waals surface area contributed by atoms with Crippen molar-refractivity contribution in [2.24, 2.45) is 7.05 Å². The molecule has 0 radical (unpaired) electrons. The van der Waals surface area contributed by atoms with Gasteiger partial charge in [0.25, 0.3) is 0 Å². The fraction of sp³-hybridized carbons (Fsp3) is 0.625. The Kier molecular flexibility index (Phi) is 3.58. The standard InChI is InChI=1S/C8H14N4O2/c1-6(8(13)14)9-4-3-7-10-5-12(2)11-7/h5-6,9H,3-4H2,1-2H3,(H,13,14). The van der Waals surface area contributed by atoms with Gasteiger partial charge >= 0.3 is 5.97 Å². The van der Waals surface area contributed by atoms with E-state index >= 15 is 0 Å². The molecule has 1 aromatic rings. The third-order valence-electron chi connectivity index (χ3n) is 1.82. The van der Waals surface area contributed by atoms with Crippen molar-refractivity contribution in [2.75, 3.05) is 6.54 Å². The summed E-state index contributed by atoms with van der Waals surface area (Å²) in [5.74, 6) is -0.128. The monoisotopic (exact) mass is 198 g/mol. The molecule has 6 heteroatoms. The minimum absolute atomic E-state index is 0.529. The molecule has 0 aliphatic heterocycles. The number of hydrogen-bond acceptors (Lipinski definition) is 4. The number of aliphatic carboxylic acids is 1. The number of carboxylic acid groups (broad SMARTS) is 1. The van der Waals surface area contributed by atoms with Gasteiger partial charge < -0.3 is 10.4 Å². The van der Waals surface area contributed by atoms with Gasteiger partial charge in [-0.15, -0.1) is 0 Å². The fourth-order valence-electron chi connectivity index (χ4n) is 0.986. The van der Waals surface area contributed by atoms with Crippen LogP contribution in [-0.2, 0) is 18.3 Å². The molecule has 0 aromatic carbocycles. The van der Waals surface area contributed by atoms with E-state index < -0.39 is 12.0 Å². The Morgan fingerprint density at radius 1 is 1.79 bits per heavy atom. The Bertz CT molecular complexity index is 310. The molecule has 6 nitrogen and oxygen atoms in total. The second kappa shape index (κ2) is 4.71. The maximum atomic E-state index is 10.4. The molecule has 0 saturated carbocycles. The van der Waals surface area contributed by atoms with E-state index in [0.717, 1.165) is 5.82 Å². The molecule has 1 rings (SSSR count). The van der Waals surface area contributed by atoms with Gasteiger partial charge in [-0.1, -0.05) is 0 Å². The van der Waals surface area contributed by atoms with Crippen molar-refractivity contribution < 1.29 is 9.90 Å². The van der Waals surface area contributed by atoms with Gasteiger partial charge in [0.2, 0.25) is 0 Å². The maximum Gasteiger partial charge on any atom is 0.320 e. The lowest BCUT2D eigenvalue weighted by atomic mass is 10.3. The summed E-state index contributed by atoms with van der Waals surface area (Å²) >= 11 is 0. The van der Waals surface area contributed by atoms with Crippen LogP contribution in [0.15, 0.2) is 6.33 Å². The molecule has 0 amide bonds. The molecule has 1 unspecified atom stereocenters. The van der Waals surface area contributed by atoms with Crippen LogP contribution in [0.4, 0.5) is 0 Å². The van der Waals surface area contributed by atoms with E-state index in [1.165, 1.54) is 0 Å². The largest absolute Gasteiger partial charge is 0.480 e. The average Bonchev–Trinajstić information content (AvgIpc) is 2.51. The molecule has 1 aromatic heterocycles. The number of aromatic nitrogens is 3. The van der Waals surface area contributed by atoms with Gasteiger partial charge in [-0.3, -0.25) is 9.48 Å². The smallest absolute Gasteiger partial charge is 0.320 e. The Morgan fingerprint density at radius 3 is 3.00 bits per heavy atom. The van der Waals surface area contributed by atoms with Crippen LogP contribution in [-0.4, -0.2) is 38.4 Å². The summed E-state index contributed by atoms with van der Waals surface area (Å²) in [5.41, 5.74) is 0. The average molecular weight is 198 g/mol. The molecule has 1 heterocycles. The zero-order valence-corrected chi connectivity index (χ0v) is 8.27. The van der Waals surface area contributed by atoms with E-state index in [0.29, 0.717) is 13.0 Å². The first-order chi connectivity index (χ1) is 6.59. The Hall–Kier alpha value is -1.43. The van der Waals surface area contributed by atoms with Gasteiger partial charge in [0.05, 0.1) is 0 Å². The van der Waals surface area contributed by atoms with Gasteiger partial charge in [-0.25, -0.2) is 4.98 Å². The van der Waals surface area contributed by atoms with Gasteiger partial charge in [0.15, 0.2) is 5.82 Å². The lowest BCUT2D eigenvalue weighted by Crippen LogP contribution is -2.35. The third kappa shape index (κ3) is 3.14. The summed E-state index contributed by atoms with van der Waals surface area (Å²) in [7, 11) is 1.80. The maximum absolute atomic E-state index is 10.4. The van der Waals surface area contributed by atoms with E-state index in [4.69, 9.17) is 5.11 Å². The summed E-state index contributed by atoms with van der Waals surface area (Å²) in [5, 5.41) is 15.5. The van der Waals surface area contributed by atoms with Gasteiger partial charge in [0.1, 0.15) is 12.4 Å². The number of nitrogens with one attached hydrogen (secondary N) is 1. The number of nitrogens with zero attached hydrogens (tertiary/aromatic N) is 3. The summed E-state index contributed by atoms with van der Waals surface area (Å²) in [6.07, 6.45) is 2.26. The zero-order chi connectivity index (χ0) is 10.6. The molecular weight excluding hydrogens is 184 g/mol. The highest BCUT2D eigenvalue weighted by Gasteiger charge is 2.09. The van der Waals surface area contributed by atoms with E-state index in [2.05, 4.69) is 15.4 Å². The van der Waals surface area contributed by atoms with Gasteiger partial charge in [-0.2, -0.15) is 5.10 Å². The topological polar surface area (TPSA) is 80.0 Å². The second-order valence-electron chi connectivity index (χ2n) is 3.10. The highest BCUT2D eigenvalue weighted by Crippen LogP contribution is 1.89. The van der Waals surface area contributed by atoms with Crippen LogP contribution >= 0.6 is 0 Å². The van der Waals surface area contributed by atoms with Gasteiger partial charge in [0, 0.05) is 20.0 Å². The molecule has 0 spiro atoms. The van der Waals surface area contributed by atoms with Crippen molar-refractivity contribution >= 4 is 5.97 Å². The normalized spacial score (nSPS) is 12.7. The summed E-state index contributed by atoms with van der Waals surface area (Å²) < 4.78 is 1.62. The Morgan fingerprint density at radius 2 is 2.50 bits per heavy atom. The van der Waals surface area contributed by atoms with Crippen molar-refractivity contribution in [2.45, 2.75) is 19.4 Å². The Balaban J connectivity index is 2.25. The van der Waals surface area contributed by atoms with E-state index in [-0.39, 0.29) is 0 Å². The van der Waals surface area contributed by atoms with Crippen molar-refractivity contribution in [3.63, 3.8) is 0 Å². The summed E-state index contributed by atoms with van der Waals surface area (Å²) in [6.45, 7) is 2.17. The SMILES string of the molecule is CC(NCCc1ncn(C)n1)C(=O)O. The molecule has 1 atom stereocenters. The molecule has 78 valence electrons. The number of hydrogen-bond donors (Lipinski definition) is 2. The van der Waals surface area contributed by atoms with E-state index in [9.17, 15) is 4.79 Å². The predicted octanol–water partition coefficient (Wildman–Crippen LogP) is -0.580. The summed E-state index contributed by atoms with van der Waals surface area (Å²) in [4.78, 5) is 14.5. The highest BCUT2D eigenvalue weighted by molar-refractivity contribution is 5.72. The third-order valence-corrected chi connectivity index (χ3v) is 1.82. The first-order valence-corrected chi connectivity index (χ1v) is 4.40. The zero-order valence-electron chi connectivity index (χ0n) is 8.27. The molecule has 2 N–H and O–H groups in total.